The van der Waals surface area contributed by atoms with Crippen LogP contribution in [0.2, 0.25) is 0 Å². The molecule has 2 aromatic carbocycles. The van der Waals surface area contributed by atoms with Crippen LogP contribution in [0, 0.1) is 13.8 Å². The average Bonchev–Trinajstić information content (AvgIpc) is 2.54. The average molecular weight is 322 g/mol. The minimum atomic E-state index is 0.188. The van der Waals surface area contributed by atoms with E-state index in [9.17, 15) is 0 Å². The molecule has 2 nitrogen and oxygen atoms in total. The van der Waals surface area contributed by atoms with Crippen molar-refractivity contribution in [2.24, 2.45) is 4.99 Å². The van der Waals surface area contributed by atoms with Crippen molar-refractivity contribution < 1.29 is 0 Å². The summed E-state index contributed by atoms with van der Waals surface area (Å²) in [6.45, 7) is 14.1. The summed E-state index contributed by atoms with van der Waals surface area (Å²) in [7, 11) is 2.04. The third-order valence-corrected chi connectivity index (χ3v) is 4.50. The third kappa shape index (κ3) is 4.25. The summed E-state index contributed by atoms with van der Waals surface area (Å²) < 4.78 is 0. The lowest BCUT2D eigenvalue weighted by Gasteiger charge is -2.19. The summed E-state index contributed by atoms with van der Waals surface area (Å²) in [5, 5.41) is 0. The molecule has 0 aromatic heterocycles. The summed E-state index contributed by atoms with van der Waals surface area (Å²) in [5.74, 6) is 0. The smallest absolute Gasteiger partial charge is 0.0909 e. The Balaban J connectivity index is 2.35. The minimum absolute atomic E-state index is 0.188. The van der Waals surface area contributed by atoms with Gasteiger partial charge in [-0.2, -0.15) is 0 Å². The van der Waals surface area contributed by atoms with Crippen LogP contribution in [0.15, 0.2) is 41.4 Å². The summed E-state index contributed by atoms with van der Waals surface area (Å²) in [5.41, 5.74) is 7.62. The highest BCUT2D eigenvalue weighted by atomic mass is 15.1. The lowest BCUT2D eigenvalue weighted by molar-refractivity contribution is 0.552. The van der Waals surface area contributed by atoms with Crippen molar-refractivity contribution >= 4 is 12.0 Å². The van der Waals surface area contributed by atoms with Gasteiger partial charge in [-0.15, -0.1) is 0 Å². The van der Waals surface area contributed by atoms with Gasteiger partial charge in [-0.25, -0.2) is 4.99 Å². The van der Waals surface area contributed by atoms with E-state index in [1.165, 1.54) is 27.8 Å². The van der Waals surface area contributed by atoms with Crippen LogP contribution in [0.1, 0.15) is 44.4 Å². The van der Waals surface area contributed by atoms with Gasteiger partial charge in [-0.05, 0) is 66.1 Å². The fraction of sp³-hybridized carbons (Fsp3) is 0.409. The number of rotatable bonds is 4. The van der Waals surface area contributed by atoms with Gasteiger partial charge in [-0.3, -0.25) is 0 Å². The van der Waals surface area contributed by atoms with Gasteiger partial charge in [0.25, 0.3) is 0 Å². The van der Waals surface area contributed by atoms with E-state index in [0.29, 0.717) is 0 Å². The second kappa shape index (κ2) is 7.21. The van der Waals surface area contributed by atoms with E-state index in [0.717, 1.165) is 12.2 Å². The highest BCUT2D eigenvalue weighted by molar-refractivity contribution is 5.73. The first-order valence-electron chi connectivity index (χ1n) is 8.69. The molecule has 0 N–H and O–H groups in total. The monoisotopic (exact) mass is 322 g/mol. The maximum atomic E-state index is 4.62. The SMILES string of the molecule is CCN(C)/C=N\c1cc(C)c(-c2ccc(C(C)(C)C)cc2)cc1C. The Labute approximate surface area is 147 Å². The predicted octanol–water partition coefficient (Wildman–Crippen LogP) is 5.88. The van der Waals surface area contributed by atoms with Crippen LogP contribution < -0.4 is 0 Å². The molecule has 128 valence electrons. The quantitative estimate of drug-likeness (QED) is 0.507. The van der Waals surface area contributed by atoms with E-state index in [2.05, 4.69) is 87.8 Å². The highest BCUT2D eigenvalue weighted by Gasteiger charge is 2.13. The molecular weight excluding hydrogens is 292 g/mol. The van der Waals surface area contributed by atoms with Crippen LogP contribution in [0.25, 0.3) is 11.1 Å². The first kappa shape index (κ1) is 18.3. The molecule has 0 bridgehead atoms. The van der Waals surface area contributed by atoms with Crippen molar-refractivity contribution in [3.8, 4) is 11.1 Å². The van der Waals surface area contributed by atoms with E-state index >= 15 is 0 Å². The van der Waals surface area contributed by atoms with Gasteiger partial charge < -0.3 is 4.90 Å². The zero-order valence-electron chi connectivity index (χ0n) is 16.1. The van der Waals surface area contributed by atoms with E-state index in [4.69, 9.17) is 0 Å². The Hall–Kier alpha value is -2.09. The maximum Gasteiger partial charge on any atom is 0.0909 e. The Morgan fingerprint density at radius 3 is 2.17 bits per heavy atom. The molecule has 0 aliphatic rings. The molecule has 0 heterocycles. The molecule has 0 atom stereocenters. The topological polar surface area (TPSA) is 15.6 Å². The van der Waals surface area contributed by atoms with Crippen molar-refractivity contribution in [1.82, 2.24) is 4.90 Å². The van der Waals surface area contributed by atoms with Gasteiger partial charge in [0, 0.05) is 13.6 Å². The predicted molar refractivity (Wildman–Crippen MR) is 107 cm³/mol. The Morgan fingerprint density at radius 1 is 1.00 bits per heavy atom. The zero-order chi connectivity index (χ0) is 17.9. The number of aryl methyl sites for hydroxylation is 2. The molecule has 0 aliphatic heterocycles. The Morgan fingerprint density at radius 2 is 1.62 bits per heavy atom. The summed E-state index contributed by atoms with van der Waals surface area (Å²) in [6.07, 6.45) is 1.90. The van der Waals surface area contributed by atoms with E-state index in [-0.39, 0.29) is 5.41 Å². The molecule has 0 radical (unpaired) electrons. The number of hydrogen-bond acceptors (Lipinski definition) is 1. The van der Waals surface area contributed by atoms with E-state index < -0.39 is 0 Å². The van der Waals surface area contributed by atoms with Gasteiger partial charge >= 0.3 is 0 Å². The molecule has 2 heteroatoms. The Kier molecular flexibility index (Phi) is 5.48. The largest absolute Gasteiger partial charge is 0.366 e. The normalized spacial score (nSPS) is 12.0. The van der Waals surface area contributed by atoms with Crippen LogP contribution in [0.4, 0.5) is 5.69 Å². The summed E-state index contributed by atoms with van der Waals surface area (Å²) >= 11 is 0. The number of hydrogen-bond donors (Lipinski definition) is 0. The zero-order valence-corrected chi connectivity index (χ0v) is 16.1. The lowest BCUT2D eigenvalue weighted by atomic mass is 9.86. The first-order chi connectivity index (χ1) is 11.2. The molecule has 0 spiro atoms. The van der Waals surface area contributed by atoms with E-state index in [1.54, 1.807) is 0 Å². The molecule has 24 heavy (non-hydrogen) atoms. The number of nitrogens with zero attached hydrogens (tertiary/aromatic N) is 2. The Bertz CT molecular complexity index is 719. The highest BCUT2D eigenvalue weighted by Crippen LogP contribution is 2.32. The second-order valence-corrected chi connectivity index (χ2v) is 7.60. The fourth-order valence-electron chi connectivity index (χ4n) is 2.64. The van der Waals surface area contributed by atoms with Gasteiger partial charge in [-0.1, -0.05) is 45.0 Å². The van der Waals surface area contributed by atoms with Gasteiger partial charge in [0.2, 0.25) is 0 Å². The third-order valence-electron chi connectivity index (χ3n) is 4.50. The van der Waals surface area contributed by atoms with Crippen molar-refractivity contribution in [1.29, 1.82) is 0 Å². The van der Waals surface area contributed by atoms with Crippen molar-refractivity contribution in [2.75, 3.05) is 13.6 Å². The van der Waals surface area contributed by atoms with Crippen molar-refractivity contribution in [3.05, 3.63) is 53.1 Å². The van der Waals surface area contributed by atoms with Gasteiger partial charge in [0.05, 0.1) is 12.0 Å². The standard InChI is InChI=1S/C22H30N2/c1-8-24(7)15-23-21-14-16(2)20(13-17(21)3)18-9-11-19(12-10-18)22(4,5)6/h9-15H,8H2,1-7H3/b23-15-. The fourth-order valence-corrected chi connectivity index (χ4v) is 2.64. The summed E-state index contributed by atoms with van der Waals surface area (Å²) in [4.78, 5) is 6.70. The molecule has 0 fully saturated rings. The van der Waals surface area contributed by atoms with Crippen molar-refractivity contribution in [2.45, 2.75) is 47.0 Å². The van der Waals surface area contributed by atoms with Crippen LogP contribution in [-0.4, -0.2) is 24.8 Å². The molecule has 0 saturated carbocycles. The van der Waals surface area contributed by atoms with Crippen molar-refractivity contribution in [3.63, 3.8) is 0 Å². The van der Waals surface area contributed by atoms with E-state index in [1.807, 2.05) is 13.4 Å². The molecule has 2 aromatic rings. The molecular formula is C22H30N2. The van der Waals surface area contributed by atoms with Gasteiger partial charge in [0.1, 0.15) is 0 Å². The molecule has 0 saturated heterocycles. The molecule has 2 rings (SSSR count). The lowest BCUT2D eigenvalue weighted by Crippen LogP contribution is -2.14. The second-order valence-electron chi connectivity index (χ2n) is 7.60. The minimum Gasteiger partial charge on any atom is -0.366 e. The summed E-state index contributed by atoms with van der Waals surface area (Å²) in [6, 6.07) is 13.4. The van der Waals surface area contributed by atoms with Crippen LogP contribution in [-0.2, 0) is 5.41 Å². The van der Waals surface area contributed by atoms with Gasteiger partial charge in [0.15, 0.2) is 0 Å². The van der Waals surface area contributed by atoms with Crippen LogP contribution in [0.3, 0.4) is 0 Å². The maximum absolute atomic E-state index is 4.62. The molecule has 0 unspecified atom stereocenters. The molecule has 0 amide bonds. The molecule has 0 aliphatic carbocycles. The number of benzene rings is 2. The first-order valence-corrected chi connectivity index (χ1v) is 8.69. The number of aliphatic imine (C=N–C) groups is 1. The van der Waals surface area contributed by atoms with Crippen LogP contribution >= 0.6 is 0 Å². The van der Waals surface area contributed by atoms with Crippen LogP contribution in [0.5, 0.6) is 0 Å².